The fourth-order valence-electron chi connectivity index (χ4n) is 4.46. The summed E-state index contributed by atoms with van der Waals surface area (Å²) in [6.07, 6.45) is 1.88. The van der Waals surface area contributed by atoms with E-state index in [-0.39, 0.29) is 5.56 Å². The second-order valence-electron chi connectivity index (χ2n) is 8.32. The van der Waals surface area contributed by atoms with Gasteiger partial charge in [-0.3, -0.25) is 9.36 Å². The Labute approximate surface area is 206 Å². The van der Waals surface area contributed by atoms with Gasteiger partial charge in [-0.05, 0) is 44.5 Å². The third-order valence-corrected chi connectivity index (χ3v) is 7.15. The van der Waals surface area contributed by atoms with Crippen LogP contribution in [-0.4, -0.2) is 27.4 Å². The first-order valence-electron chi connectivity index (χ1n) is 11.2. The molecule has 0 spiro atoms. The van der Waals surface area contributed by atoms with Crippen molar-refractivity contribution in [1.82, 2.24) is 14.3 Å². The van der Waals surface area contributed by atoms with Gasteiger partial charge in [0.25, 0.3) is 5.56 Å². The van der Waals surface area contributed by atoms with Gasteiger partial charge in [0, 0.05) is 11.3 Å². The van der Waals surface area contributed by atoms with Crippen molar-refractivity contribution in [1.29, 1.82) is 0 Å². The fourth-order valence-corrected chi connectivity index (χ4v) is 5.49. The Hall–Kier alpha value is -4.04. The fraction of sp³-hybridized carbons (Fsp3) is 0.185. The number of aryl methyl sites for hydroxylation is 1. The molecule has 4 aromatic rings. The van der Waals surface area contributed by atoms with E-state index in [1.807, 2.05) is 85.3 Å². The number of methoxy groups -OCH3 is 1. The van der Waals surface area contributed by atoms with E-state index in [1.165, 1.54) is 18.4 Å². The molecule has 35 heavy (non-hydrogen) atoms. The Morgan fingerprint density at radius 1 is 1.03 bits per heavy atom. The number of allylic oxidation sites excluding steroid dienone is 1. The maximum atomic E-state index is 13.7. The molecule has 1 aliphatic heterocycles. The van der Waals surface area contributed by atoms with Crippen LogP contribution in [0.2, 0.25) is 0 Å². The number of nitrogens with zero attached hydrogens (tertiary/aromatic N) is 4. The molecule has 1 atom stereocenters. The van der Waals surface area contributed by atoms with Crippen LogP contribution in [0.4, 0.5) is 0 Å². The van der Waals surface area contributed by atoms with Gasteiger partial charge in [0.15, 0.2) is 4.80 Å². The van der Waals surface area contributed by atoms with Gasteiger partial charge in [-0.2, -0.15) is 5.10 Å². The molecule has 0 amide bonds. The number of ether oxygens (including phenoxy) is 1. The Balaban J connectivity index is 1.72. The number of hydrogen-bond acceptors (Lipinski definition) is 6. The molecule has 0 fully saturated rings. The maximum absolute atomic E-state index is 13.7. The third kappa shape index (κ3) is 3.85. The molecule has 0 N–H and O–H groups in total. The highest BCUT2D eigenvalue weighted by Gasteiger charge is 2.33. The van der Waals surface area contributed by atoms with Crippen LogP contribution < -0.4 is 14.9 Å². The van der Waals surface area contributed by atoms with E-state index in [9.17, 15) is 9.59 Å². The van der Waals surface area contributed by atoms with Crippen LogP contribution in [0, 0.1) is 13.8 Å². The van der Waals surface area contributed by atoms with Gasteiger partial charge >= 0.3 is 5.97 Å². The van der Waals surface area contributed by atoms with Crippen LogP contribution in [0.1, 0.15) is 35.5 Å². The molecule has 0 aliphatic carbocycles. The minimum atomic E-state index is -0.615. The zero-order valence-corrected chi connectivity index (χ0v) is 20.7. The van der Waals surface area contributed by atoms with E-state index in [0.29, 0.717) is 20.6 Å². The van der Waals surface area contributed by atoms with E-state index in [2.05, 4.69) is 4.99 Å². The summed E-state index contributed by atoms with van der Waals surface area (Å²) < 4.78 is 9.06. The number of rotatable bonds is 4. The van der Waals surface area contributed by atoms with E-state index < -0.39 is 12.0 Å². The Kier molecular flexibility index (Phi) is 5.82. The monoisotopic (exact) mass is 484 g/mol. The lowest BCUT2D eigenvalue weighted by Crippen LogP contribution is -2.39. The van der Waals surface area contributed by atoms with Crippen LogP contribution >= 0.6 is 11.3 Å². The highest BCUT2D eigenvalue weighted by Crippen LogP contribution is 2.30. The van der Waals surface area contributed by atoms with Crippen LogP contribution in [0.15, 0.2) is 81.7 Å². The number of para-hydroxylation sites is 1. The number of esters is 1. The Morgan fingerprint density at radius 3 is 2.34 bits per heavy atom. The van der Waals surface area contributed by atoms with Crippen molar-refractivity contribution in [2.75, 3.05) is 7.11 Å². The topological polar surface area (TPSA) is 78.5 Å². The van der Waals surface area contributed by atoms with E-state index in [1.54, 1.807) is 11.5 Å². The number of fused-ring (bicyclic) bond motifs is 1. The molecular weight excluding hydrogens is 460 g/mol. The Morgan fingerprint density at radius 2 is 1.69 bits per heavy atom. The number of benzene rings is 2. The average Bonchev–Trinajstić information content (AvgIpc) is 3.34. The van der Waals surface area contributed by atoms with Crippen molar-refractivity contribution in [3.8, 4) is 5.69 Å². The molecule has 1 aliphatic rings. The standard InChI is InChI=1S/C27H24N4O3S/c1-16-21(18(3)31(29-16)20-13-9-6-10-14-20)15-22-25(32)30-24(19-11-7-5-8-12-19)23(26(33)34-4)17(2)28-27(30)35-22/h5-15,24H,1-4H3/t24-/m1/s1. The first-order valence-corrected chi connectivity index (χ1v) is 12.0. The number of thiazole rings is 1. The highest BCUT2D eigenvalue weighted by molar-refractivity contribution is 7.07. The van der Waals surface area contributed by atoms with Gasteiger partial charge in [-0.25, -0.2) is 14.5 Å². The smallest absolute Gasteiger partial charge is 0.338 e. The van der Waals surface area contributed by atoms with Crippen molar-refractivity contribution >= 4 is 23.4 Å². The number of carbonyl (C=O) groups is 1. The van der Waals surface area contributed by atoms with Gasteiger partial charge in [-0.15, -0.1) is 0 Å². The Bertz CT molecular complexity index is 1640. The van der Waals surface area contributed by atoms with E-state index >= 15 is 0 Å². The van der Waals surface area contributed by atoms with Gasteiger partial charge in [0.2, 0.25) is 0 Å². The van der Waals surface area contributed by atoms with Gasteiger partial charge in [-0.1, -0.05) is 59.9 Å². The molecule has 7 nitrogen and oxygen atoms in total. The third-order valence-electron chi connectivity index (χ3n) is 6.17. The van der Waals surface area contributed by atoms with Gasteiger partial charge in [0.1, 0.15) is 0 Å². The molecule has 0 bridgehead atoms. The maximum Gasteiger partial charge on any atom is 0.338 e. The molecule has 2 aromatic carbocycles. The molecule has 0 saturated carbocycles. The van der Waals surface area contributed by atoms with Crippen molar-refractivity contribution in [2.45, 2.75) is 26.8 Å². The molecule has 0 radical (unpaired) electrons. The normalized spacial score (nSPS) is 15.7. The summed E-state index contributed by atoms with van der Waals surface area (Å²) in [5, 5.41) is 4.70. The minimum absolute atomic E-state index is 0.206. The molecule has 2 aromatic heterocycles. The first-order chi connectivity index (χ1) is 16.9. The van der Waals surface area contributed by atoms with E-state index in [4.69, 9.17) is 9.84 Å². The average molecular weight is 485 g/mol. The predicted molar refractivity (Wildman–Crippen MR) is 135 cm³/mol. The molecular formula is C27H24N4O3S. The summed E-state index contributed by atoms with van der Waals surface area (Å²) in [6.45, 7) is 5.70. The molecule has 3 heterocycles. The summed E-state index contributed by atoms with van der Waals surface area (Å²) in [4.78, 5) is 31.6. The van der Waals surface area contributed by atoms with Crippen LogP contribution in [0.5, 0.6) is 0 Å². The van der Waals surface area contributed by atoms with E-state index in [0.717, 1.165) is 28.2 Å². The molecule has 176 valence electrons. The predicted octanol–water partition coefficient (Wildman–Crippen LogP) is 3.21. The second kappa shape index (κ2) is 8.96. The number of hydrogen-bond donors (Lipinski definition) is 0. The molecule has 0 unspecified atom stereocenters. The molecule has 5 rings (SSSR count). The summed E-state index contributed by atoms with van der Waals surface area (Å²) in [5.74, 6) is -0.495. The largest absolute Gasteiger partial charge is 0.466 e. The lowest BCUT2D eigenvalue weighted by molar-refractivity contribution is -0.136. The van der Waals surface area contributed by atoms with Crippen LogP contribution in [-0.2, 0) is 9.53 Å². The minimum Gasteiger partial charge on any atom is -0.466 e. The zero-order valence-electron chi connectivity index (χ0n) is 19.9. The van der Waals surface area contributed by atoms with Crippen LogP contribution in [0.25, 0.3) is 11.8 Å². The van der Waals surface area contributed by atoms with Crippen molar-refractivity contribution < 1.29 is 9.53 Å². The second-order valence-corrected chi connectivity index (χ2v) is 9.33. The zero-order chi connectivity index (χ0) is 24.7. The lowest BCUT2D eigenvalue weighted by atomic mass is 9.96. The first kappa shape index (κ1) is 22.7. The molecule has 0 saturated heterocycles. The van der Waals surface area contributed by atoms with Crippen molar-refractivity contribution in [3.05, 3.63) is 114 Å². The summed E-state index contributed by atoms with van der Waals surface area (Å²) in [5.41, 5.74) is 5.12. The van der Waals surface area contributed by atoms with Crippen molar-refractivity contribution in [2.24, 2.45) is 4.99 Å². The SMILES string of the molecule is COC(=O)C1=C(C)N=c2sc(=Cc3c(C)nn(-c4ccccc4)c3C)c(=O)n2[C@@H]1c1ccccc1. The summed E-state index contributed by atoms with van der Waals surface area (Å²) in [6, 6.07) is 18.8. The number of aromatic nitrogens is 3. The quantitative estimate of drug-likeness (QED) is 0.417. The summed E-state index contributed by atoms with van der Waals surface area (Å²) in [7, 11) is 1.34. The molecule has 8 heteroatoms. The highest BCUT2D eigenvalue weighted by atomic mass is 32.1. The number of carbonyl (C=O) groups excluding carboxylic acids is 1. The van der Waals surface area contributed by atoms with Crippen molar-refractivity contribution in [3.63, 3.8) is 0 Å². The van der Waals surface area contributed by atoms with Gasteiger partial charge in [0.05, 0.1) is 40.3 Å². The summed E-state index contributed by atoms with van der Waals surface area (Å²) >= 11 is 1.31. The van der Waals surface area contributed by atoms with Gasteiger partial charge < -0.3 is 4.74 Å². The lowest BCUT2D eigenvalue weighted by Gasteiger charge is -2.24. The van der Waals surface area contributed by atoms with Crippen LogP contribution in [0.3, 0.4) is 0 Å².